The smallest absolute Gasteiger partial charge is 0.0239 e. The van der Waals surface area contributed by atoms with Gasteiger partial charge in [-0.05, 0) is 61.8 Å². The third kappa shape index (κ3) is 4.34. The Bertz CT molecular complexity index is 397. The van der Waals surface area contributed by atoms with E-state index in [0.717, 1.165) is 18.5 Å². The number of hydrogen-bond donors (Lipinski definition) is 0. The maximum Gasteiger partial charge on any atom is 0.0239 e. The summed E-state index contributed by atoms with van der Waals surface area (Å²) in [4.78, 5) is 2.70. The molecule has 1 nitrogen and oxygen atoms in total. The molecule has 1 atom stereocenters. The second kappa shape index (κ2) is 7.83. The van der Waals surface area contributed by atoms with Gasteiger partial charge in [0.25, 0.3) is 0 Å². The molecule has 1 aliphatic rings. The van der Waals surface area contributed by atoms with Gasteiger partial charge < -0.3 is 0 Å². The molecule has 1 saturated heterocycles. The van der Waals surface area contributed by atoms with Crippen LogP contribution >= 0.6 is 0 Å². The summed E-state index contributed by atoms with van der Waals surface area (Å²) >= 11 is 0. The zero-order valence-electron chi connectivity index (χ0n) is 13.5. The van der Waals surface area contributed by atoms with Crippen LogP contribution in [-0.4, -0.2) is 17.5 Å². The highest BCUT2D eigenvalue weighted by Crippen LogP contribution is 2.23. The summed E-state index contributed by atoms with van der Waals surface area (Å²) in [6.45, 7) is 9.35. The number of nitrogens with zero attached hydrogens (tertiary/aromatic N) is 1. The average Bonchev–Trinajstić information content (AvgIpc) is 2.47. The van der Waals surface area contributed by atoms with Gasteiger partial charge >= 0.3 is 0 Å². The van der Waals surface area contributed by atoms with Gasteiger partial charge in [-0.3, -0.25) is 4.90 Å². The molecule has 20 heavy (non-hydrogen) atoms. The molecule has 2 rings (SSSR count). The van der Waals surface area contributed by atoms with Gasteiger partial charge in [0.2, 0.25) is 0 Å². The van der Waals surface area contributed by atoms with Gasteiger partial charge in [-0.1, -0.05) is 45.4 Å². The van der Waals surface area contributed by atoms with Crippen LogP contribution in [0.3, 0.4) is 0 Å². The summed E-state index contributed by atoms with van der Waals surface area (Å²) in [7, 11) is 0. The average molecular weight is 272 g/mol. The van der Waals surface area contributed by atoms with Gasteiger partial charge in [0.15, 0.2) is 0 Å². The molecule has 0 aromatic heterocycles. The van der Waals surface area contributed by atoms with Crippen molar-refractivity contribution in [2.45, 2.75) is 71.9 Å². The van der Waals surface area contributed by atoms with Crippen LogP contribution in [0.4, 0.5) is 0 Å². The van der Waals surface area contributed by atoms with E-state index < -0.39 is 0 Å². The van der Waals surface area contributed by atoms with Crippen LogP contribution in [0.15, 0.2) is 18.2 Å². The van der Waals surface area contributed by atoms with Crippen LogP contribution in [0.2, 0.25) is 0 Å². The summed E-state index contributed by atoms with van der Waals surface area (Å²) in [6.07, 6.45) is 7.90. The van der Waals surface area contributed by atoms with Crippen LogP contribution in [0.5, 0.6) is 0 Å². The number of benzene rings is 1. The highest BCUT2D eigenvalue weighted by atomic mass is 15.2. The molecule has 1 aromatic rings. The summed E-state index contributed by atoms with van der Waals surface area (Å²) in [5.74, 6) is 0.773. The van der Waals surface area contributed by atoms with Crippen molar-refractivity contribution in [3.63, 3.8) is 0 Å². The predicted molar refractivity (Wildman–Crippen MR) is 86.8 cm³/mol. The van der Waals surface area contributed by atoms with Crippen LogP contribution in [0.25, 0.3) is 0 Å². The summed E-state index contributed by atoms with van der Waals surface area (Å²) in [5.41, 5.74) is 2.95. The lowest BCUT2D eigenvalue weighted by Crippen LogP contribution is -2.38. The molecule has 1 radical (unpaired) electrons. The predicted octanol–water partition coefficient (Wildman–Crippen LogP) is 4.84. The first kappa shape index (κ1) is 15.6. The third-order valence-corrected chi connectivity index (χ3v) is 4.60. The minimum Gasteiger partial charge on any atom is -0.296 e. The van der Waals surface area contributed by atoms with Crippen molar-refractivity contribution in [2.75, 3.05) is 6.54 Å². The molecule has 0 aliphatic carbocycles. The molecule has 0 amide bonds. The van der Waals surface area contributed by atoms with Gasteiger partial charge in [0.1, 0.15) is 0 Å². The van der Waals surface area contributed by atoms with Crippen LogP contribution < -0.4 is 0 Å². The Kier molecular flexibility index (Phi) is 6.09. The number of aryl methyl sites for hydroxylation is 1. The van der Waals surface area contributed by atoms with E-state index in [1.54, 1.807) is 0 Å². The van der Waals surface area contributed by atoms with Gasteiger partial charge in [0.05, 0.1) is 0 Å². The van der Waals surface area contributed by atoms with Gasteiger partial charge in [-0.15, -0.1) is 0 Å². The van der Waals surface area contributed by atoms with E-state index in [0.29, 0.717) is 0 Å². The van der Waals surface area contributed by atoms with E-state index in [9.17, 15) is 0 Å². The van der Waals surface area contributed by atoms with Crippen molar-refractivity contribution >= 4 is 0 Å². The fraction of sp³-hybridized carbons (Fsp3) is 0.684. The Morgan fingerprint density at radius 2 is 2.20 bits per heavy atom. The first-order valence-corrected chi connectivity index (χ1v) is 8.43. The SMILES string of the molecule is CCC1CCCCN1Cc1ccc[c]c1CCC(C)C. The van der Waals surface area contributed by atoms with Gasteiger partial charge in [-0.25, -0.2) is 0 Å². The molecule has 1 aromatic carbocycles. The second-order valence-corrected chi connectivity index (χ2v) is 6.63. The van der Waals surface area contributed by atoms with Crippen molar-refractivity contribution in [1.29, 1.82) is 0 Å². The Balaban J connectivity index is 2.03. The maximum absolute atomic E-state index is 3.49. The summed E-state index contributed by atoms with van der Waals surface area (Å²) < 4.78 is 0. The van der Waals surface area contributed by atoms with Crippen LogP contribution in [0, 0.1) is 12.0 Å². The zero-order chi connectivity index (χ0) is 14.4. The summed E-state index contributed by atoms with van der Waals surface area (Å²) in [5, 5.41) is 0. The fourth-order valence-corrected chi connectivity index (χ4v) is 3.27. The molecule has 0 spiro atoms. The largest absolute Gasteiger partial charge is 0.296 e. The number of hydrogen-bond acceptors (Lipinski definition) is 1. The molecule has 0 bridgehead atoms. The topological polar surface area (TPSA) is 3.24 Å². The van der Waals surface area contributed by atoms with Gasteiger partial charge in [-0.2, -0.15) is 0 Å². The number of likely N-dealkylation sites (tertiary alicyclic amines) is 1. The van der Waals surface area contributed by atoms with Crippen molar-refractivity contribution in [3.8, 4) is 0 Å². The zero-order valence-corrected chi connectivity index (χ0v) is 13.5. The van der Waals surface area contributed by atoms with Crippen molar-refractivity contribution in [2.24, 2.45) is 5.92 Å². The molecule has 1 heterocycles. The molecule has 1 aliphatic heterocycles. The lowest BCUT2D eigenvalue weighted by Gasteiger charge is -2.35. The normalized spacial score (nSPS) is 20.5. The first-order chi connectivity index (χ1) is 9.70. The van der Waals surface area contributed by atoms with Crippen molar-refractivity contribution in [3.05, 3.63) is 35.4 Å². The Labute approximate surface area is 125 Å². The minimum atomic E-state index is 0.773. The minimum absolute atomic E-state index is 0.773. The molecule has 1 fully saturated rings. The lowest BCUT2D eigenvalue weighted by atomic mass is 9.95. The van der Waals surface area contributed by atoms with E-state index in [-0.39, 0.29) is 0 Å². The van der Waals surface area contributed by atoms with Crippen molar-refractivity contribution in [1.82, 2.24) is 4.90 Å². The van der Waals surface area contributed by atoms with E-state index >= 15 is 0 Å². The van der Waals surface area contributed by atoms with Crippen molar-refractivity contribution < 1.29 is 0 Å². The fourth-order valence-electron chi connectivity index (χ4n) is 3.27. The molecule has 0 N–H and O–H groups in total. The monoisotopic (exact) mass is 272 g/mol. The van der Waals surface area contributed by atoms with E-state index in [2.05, 4.69) is 49.9 Å². The van der Waals surface area contributed by atoms with Gasteiger partial charge in [0, 0.05) is 12.6 Å². The highest BCUT2D eigenvalue weighted by molar-refractivity contribution is 5.26. The van der Waals surface area contributed by atoms with Crippen LogP contribution in [0.1, 0.15) is 64.0 Å². The number of piperidine rings is 1. The Morgan fingerprint density at radius 1 is 1.35 bits per heavy atom. The molecule has 1 heteroatoms. The van der Waals surface area contributed by atoms with E-state index in [1.807, 2.05) is 0 Å². The maximum atomic E-state index is 3.49. The molecular weight excluding hydrogens is 242 g/mol. The first-order valence-electron chi connectivity index (χ1n) is 8.43. The standard InChI is InChI=1S/C19H30N/c1-4-19-11-7-8-14-20(19)15-18-10-6-5-9-17(18)13-12-16(2)3/h5-6,10,16,19H,4,7-8,11-15H2,1-3H3. The quantitative estimate of drug-likeness (QED) is 0.716. The summed E-state index contributed by atoms with van der Waals surface area (Å²) in [6, 6.07) is 10.8. The molecule has 111 valence electrons. The van der Waals surface area contributed by atoms with E-state index in [4.69, 9.17) is 0 Å². The van der Waals surface area contributed by atoms with E-state index in [1.165, 1.54) is 56.2 Å². The molecule has 1 unspecified atom stereocenters. The highest BCUT2D eigenvalue weighted by Gasteiger charge is 2.21. The van der Waals surface area contributed by atoms with Crippen LogP contribution in [-0.2, 0) is 13.0 Å². The lowest BCUT2D eigenvalue weighted by molar-refractivity contribution is 0.136. The second-order valence-electron chi connectivity index (χ2n) is 6.63. The Hall–Kier alpha value is -0.820. The Morgan fingerprint density at radius 3 is 2.95 bits per heavy atom. The molecule has 0 saturated carbocycles. The molecular formula is C19H30N. The number of rotatable bonds is 6. The third-order valence-electron chi connectivity index (χ3n) is 4.60.